The standard InChI is InChI=1S/C29H28ClN3O4/c1-31-13-12-27(36)32-24-15-19(8-10-20(24)5-4-14-34)9-11-28(37)33-18-21(17-30)29-23-7-3-2-6-22(23)26(35)16-25(29)33/h2-11,14-16,21,31,35H,12-13,17-18H2,1H3,(H,32,36)/b5-4+,11-9+/t21-/m1/s1. The first-order chi connectivity index (χ1) is 18.0. The van der Waals surface area contributed by atoms with Crippen molar-refractivity contribution in [3.8, 4) is 5.75 Å². The zero-order valence-corrected chi connectivity index (χ0v) is 21.2. The lowest BCUT2D eigenvalue weighted by Gasteiger charge is -2.16. The van der Waals surface area contributed by atoms with Crippen molar-refractivity contribution in [2.24, 2.45) is 0 Å². The van der Waals surface area contributed by atoms with Gasteiger partial charge in [0.2, 0.25) is 5.91 Å². The average molecular weight is 518 g/mol. The topological polar surface area (TPSA) is 98.7 Å². The highest BCUT2D eigenvalue weighted by molar-refractivity contribution is 6.19. The number of aldehydes is 1. The maximum atomic E-state index is 13.3. The second kappa shape index (κ2) is 11.9. The number of rotatable bonds is 9. The van der Waals surface area contributed by atoms with Gasteiger partial charge in [0.05, 0.1) is 5.69 Å². The Morgan fingerprint density at radius 2 is 1.92 bits per heavy atom. The molecule has 0 bridgehead atoms. The summed E-state index contributed by atoms with van der Waals surface area (Å²) in [5.74, 6) is 0.00165. The summed E-state index contributed by atoms with van der Waals surface area (Å²) in [6.07, 6.45) is 7.08. The molecule has 2 amide bonds. The first-order valence-corrected chi connectivity index (χ1v) is 12.5. The molecule has 3 aromatic carbocycles. The normalized spacial score (nSPS) is 15.0. The maximum Gasteiger partial charge on any atom is 0.251 e. The highest BCUT2D eigenvalue weighted by atomic mass is 35.5. The van der Waals surface area contributed by atoms with E-state index in [1.165, 1.54) is 12.2 Å². The summed E-state index contributed by atoms with van der Waals surface area (Å²) in [5, 5.41) is 18.0. The van der Waals surface area contributed by atoms with Gasteiger partial charge in [0, 0.05) is 54.5 Å². The van der Waals surface area contributed by atoms with Gasteiger partial charge in [0.1, 0.15) is 12.0 Å². The highest BCUT2D eigenvalue weighted by Crippen LogP contribution is 2.45. The van der Waals surface area contributed by atoms with Gasteiger partial charge in [-0.1, -0.05) is 36.4 Å². The first kappa shape index (κ1) is 26.1. The van der Waals surface area contributed by atoms with Gasteiger partial charge in [0.15, 0.2) is 0 Å². The van der Waals surface area contributed by atoms with E-state index in [1.54, 1.807) is 48.4 Å². The summed E-state index contributed by atoms with van der Waals surface area (Å²) >= 11 is 6.28. The minimum atomic E-state index is -0.243. The SMILES string of the molecule is CNCCC(=O)Nc1cc(/C=C/C(=O)N2C[C@@H](CCl)c3c2cc(O)c2ccccc32)ccc1/C=C/C=O. The third-order valence-corrected chi connectivity index (χ3v) is 6.70. The van der Waals surface area contributed by atoms with E-state index in [1.807, 2.05) is 24.3 Å². The molecule has 0 unspecified atom stereocenters. The molecule has 7 nitrogen and oxygen atoms in total. The van der Waals surface area contributed by atoms with Crippen molar-refractivity contribution in [1.29, 1.82) is 0 Å². The zero-order chi connectivity index (χ0) is 26.4. The number of fused-ring (bicyclic) bond motifs is 3. The second-order valence-electron chi connectivity index (χ2n) is 8.75. The van der Waals surface area contributed by atoms with Crippen LogP contribution in [0.15, 0.2) is 60.7 Å². The Balaban J connectivity index is 1.61. The molecule has 4 rings (SSSR count). The molecule has 1 heterocycles. The summed E-state index contributed by atoms with van der Waals surface area (Å²) in [6.45, 7) is 0.947. The summed E-state index contributed by atoms with van der Waals surface area (Å²) in [7, 11) is 1.77. The van der Waals surface area contributed by atoms with E-state index in [9.17, 15) is 19.5 Å². The van der Waals surface area contributed by atoms with Crippen LogP contribution >= 0.6 is 11.6 Å². The van der Waals surface area contributed by atoms with Crippen molar-refractivity contribution in [3.05, 3.63) is 77.4 Å². The number of carbonyl (C=O) groups is 3. The Bertz CT molecular complexity index is 1400. The average Bonchev–Trinajstić information content (AvgIpc) is 3.29. The van der Waals surface area contributed by atoms with Crippen LogP contribution in [-0.4, -0.2) is 49.2 Å². The molecule has 3 aromatic rings. The number of alkyl halides is 1. The number of allylic oxidation sites excluding steroid dienone is 1. The van der Waals surface area contributed by atoms with Gasteiger partial charge in [0.25, 0.3) is 5.91 Å². The molecule has 1 atom stereocenters. The molecular weight excluding hydrogens is 490 g/mol. The van der Waals surface area contributed by atoms with E-state index in [0.717, 1.165) is 16.3 Å². The number of phenols is 1. The van der Waals surface area contributed by atoms with E-state index < -0.39 is 0 Å². The predicted octanol–water partition coefficient (Wildman–Crippen LogP) is 4.69. The number of halogens is 1. The number of nitrogens with one attached hydrogen (secondary N) is 2. The number of aromatic hydroxyl groups is 1. The Morgan fingerprint density at radius 3 is 2.65 bits per heavy atom. The van der Waals surface area contributed by atoms with Crippen LogP contribution < -0.4 is 15.5 Å². The summed E-state index contributed by atoms with van der Waals surface area (Å²) < 4.78 is 0. The quantitative estimate of drug-likeness (QED) is 0.217. The van der Waals surface area contributed by atoms with Crippen LogP contribution in [-0.2, 0) is 14.4 Å². The third kappa shape index (κ3) is 5.74. The monoisotopic (exact) mass is 517 g/mol. The third-order valence-electron chi connectivity index (χ3n) is 6.32. The summed E-state index contributed by atoms with van der Waals surface area (Å²) in [5.41, 5.74) is 3.54. The van der Waals surface area contributed by atoms with Crippen LogP contribution in [0.3, 0.4) is 0 Å². The van der Waals surface area contributed by atoms with Crippen LogP contribution in [0.5, 0.6) is 5.75 Å². The van der Waals surface area contributed by atoms with Gasteiger partial charge in [-0.3, -0.25) is 14.4 Å². The highest BCUT2D eigenvalue weighted by Gasteiger charge is 2.33. The number of phenolic OH excluding ortho intramolecular Hbond substituents is 1. The van der Waals surface area contributed by atoms with E-state index >= 15 is 0 Å². The lowest BCUT2D eigenvalue weighted by Crippen LogP contribution is -2.28. The molecule has 37 heavy (non-hydrogen) atoms. The van der Waals surface area contributed by atoms with Crippen molar-refractivity contribution in [2.45, 2.75) is 12.3 Å². The van der Waals surface area contributed by atoms with Gasteiger partial charge in [-0.15, -0.1) is 11.6 Å². The number of benzene rings is 3. The lowest BCUT2D eigenvalue weighted by atomic mass is 9.95. The van der Waals surface area contributed by atoms with E-state index in [-0.39, 0.29) is 23.5 Å². The summed E-state index contributed by atoms with van der Waals surface area (Å²) in [6, 6.07) is 14.5. The number of hydrogen-bond donors (Lipinski definition) is 3. The molecule has 8 heteroatoms. The van der Waals surface area contributed by atoms with Crippen molar-refractivity contribution in [3.63, 3.8) is 0 Å². The Kier molecular flexibility index (Phi) is 8.38. The van der Waals surface area contributed by atoms with Crippen LogP contribution in [0.4, 0.5) is 11.4 Å². The summed E-state index contributed by atoms with van der Waals surface area (Å²) in [4.78, 5) is 38.0. The Labute approximate surface area is 220 Å². The Morgan fingerprint density at radius 1 is 1.14 bits per heavy atom. The van der Waals surface area contributed by atoms with Gasteiger partial charge in [-0.2, -0.15) is 0 Å². The molecule has 0 saturated carbocycles. The van der Waals surface area contributed by atoms with Crippen LogP contribution in [0.2, 0.25) is 0 Å². The number of hydrogen-bond acceptors (Lipinski definition) is 5. The number of nitrogens with zero attached hydrogens (tertiary/aromatic N) is 1. The molecule has 0 saturated heterocycles. The molecule has 190 valence electrons. The van der Waals surface area contributed by atoms with E-state index in [2.05, 4.69) is 10.6 Å². The van der Waals surface area contributed by atoms with Gasteiger partial charge >= 0.3 is 0 Å². The molecular formula is C29H28ClN3O4. The molecule has 1 aliphatic heterocycles. The van der Waals surface area contributed by atoms with Crippen LogP contribution in [0.1, 0.15) is 29.0 Å². The van der Waals surface area contributed by atoms with Gasteiger partial charge in [-0.05, 0) is 53.4 Å². The number of amides is 2. The second-order valence-corrected chi connectivity index (χ2v) is 9.06. The van der Waals surface area contributed by atoms with Crippen molar-refractivity contribution >= 4 is 64.0 Å². The van der Waals surface area contributed by atoms with E-state index in [4.69, 9.17) is 11.6 Å². The smallest absolute Gasteiger partial charge is 0.251 e. The van der Waals surface area contributed by atoms with E-state index in [0.29, 0.717) is 54.2 Å². The lowest BCUT2D eigenvalue weighted by molar-refractivity contribution is -0.116. The van der Waals surface area contributed by atoms with Crippen LogP contribution in [0, 0.1) is 0 Å². The van der Waals surface area contributed by atoms with Crippen molar-refractivity contribution in [1.82, 2.24) is 5.32 Å². The number of carbonyl (C=O) groups excluding carboxylic acids is 3. The van der Waals surface area contributed by atoms with Crippen molar-refractivity contribution < 1.29 is 19.5 Å². The molecule has 0 aliphatic carbocycles. The first-order valence-electron chi connectivity index (χ1n) is 12.0. The molecule has 0 spiro atoms. The van der Waals surface area contributed by atoms with Gasteiger partial charge in [-0.25, -0.2) is 0 Å². The molecule has 0 radical (unpaired) electrons. The minimum Gasteiger partial charge on any atom is -0.507 e. The Hall–Kier alpha value is -3.94. The predicted molar refractivity (Wildman–Crippen MR) is 149 cm³/mol. The van der Waals surface area contributed by atoms with Gasteiger partial charge < -0.3 is 20.6 Å². The minimum absolute atomic E-state index is 0.0529. The largest absolute Gasteiger partial charge is 0.507 e. The fourth-order valence-corrected chi connectivity index (χ4v) is 4.80. The fourth-order valence-electron chi connectivity index (χ4n) is 4.54. The molecule has 0 fully saturated rings. The fraction of sp³-hybridized carbons (Fsp3) is 0.207. The molecule has 1 aliphatic rings. The number of anilines is 2. The maximum absolute atomic E-state index is 13.3. The van der Waals surface area contributed by atoms with Crippen molar-refractivity contribution in [2.75, 3.05) is 36.2 Å². The molecule has 3 N–H and O–H groups in total. The van der Waals surface area contributed by atoms with Crippen LogP contribution in [0.25, 0.3) is 22.9 Å². The molecule has 0 aromatic heterocycles. The zero-order valence-electron chi connectivity index (χ0n) is 20.4.